The Morgan fingerprint density at radius 3 is 2.81 bits per heavy atom. The lowest BCUT2D eigenvalue weighted by Gasteiger charge is -2.34. The molecule has 1 fully saturated rings. The van der Waals surface area contributed by atoms with E-state index in [1.54, 1.807) is 31.1 Å². The van der Waals surface area contributed by atoms with Gasteiger partial charge in [-0.05, 0) is 26.0 Å². The molecule has 26 heavy (non-hydrogen) atoms. The SMILES string of the molecule is CNc1cc(C)nc(C2COCCN2C(=O)c2ccc(C)n(C)c2=O)n1. The Hall–Kier alpha value is -2.74. The average Bonchev–Trinajstić information content (AvgIpc) is 2.65. The number of hydrogen-bond donors (Lipinski definition) is 1. The number of nitrogens with zero attached hydrogens (tertiary/aromatic N) is 4. The summed E-state index contributed by atoms with van der Waals surface area (Å²) in [5.74, 6) is 0.859. The van der Waals surface area contributed by atoms with E-state index < -0.39 is 6.04 Å². The molecule has 8 heteroatoms. The average molecular weight is 357 g/mol. The maximum atomic E-state index is 13.1. The summed E-state index contributed by atoms with van der Waals surface area (Å²) in [6.07, 6.45) is 0. The molecule has 1 saturated heterocycles. The molecule has 8 nitrogen and oxygen atoms in total. The number of nitrogens with one attached hydrogen (secondary N) is 1. The summed E-state index contributed by atoms with van der Waals surface area (Å²) in [5, 5.41) is 3.00. The highest BCUT2D eigenvalue weighted by Gasteiger charge is 2.33. The molecule has 0 saturated carbocycles. The predicted octanol–water partition coefficient (Wildman–Crippen LogP) is 1.05. The van der Waals surface area contributed by atoms with E-state index in [9.17, 15) is 9.59 Å². The number of carbonyl (C=O) groups excluding carboxylic acids is 1. The largest absolute Gasteiger partial charge is 0.377 e. The van der Waals surface area contributed by atoms with E-state index in [1.807, 2.05) is 19.9 Å². The van der Waals surface area contributed by atoms with Gasteiger partial charge in [-0.15, -0.1) is 0 Å². The number of morpholine rings is 1. The van der Waals surface area contributed by atoms with Crippen LogP contribution in [-0.2, 0) is 11.8 Å². The van der Waals surface area contributed by atoms with Crippen LogP contribution in [0, 0.1) is 13.8 Å². The smallest absolute Gasteiger partial charge is 0.263 e. The molecule has 0 aliphatic carbocycles. The van der Waals surface area contributed by atoms with Crippen LogP contribution in [0.25, 0.3) is 0 Å². The quantitative estimate of drug-likeness (QED) is 0.883. The molecule has 0 aromatic carbocycles. The van der Waals surface area contributed by atoms with Gasteiger partial charge in [0.25, 0.3) is 11.5 Å². The minimum absolute atomic E-state index is 0.145. The third kappa shape index (κ3) is 3.32. The van der Waals surface area contributed by atoms with Crippen molar-refractivity contribution in [1.82, 2.24) is 19.4 Å². The number of carbonyl (C=O) groups is 1. The second kappa shape index (κ2) is 7.25. The Morgan fingerprint density at radius 1 is 1.31 bits per heavy atom. The van der Waals surface area contributed by atoms with Crippen molar-refractivity contribution in [2.45, 2.75) is 19.9 Å². The van der Waals surface area contributed by atoms with Gasteiger partial charge in [0.15, 0.2) is 5.82 Å². The number of pyridine rings is 1. The zero-order valence-corrected chi connectivity index (χ0v) is 15.4. The number of hydrogen-bond acceptors (Lipinski definition) is 6. The van der Waals surface area contributed by atoms with Crippen molar-refractivity contribution in [3.8, 4) is 0 Å². The van der Waals surface area contributed by atoms with Gasteiger partial charge in [0, 0.05) is 38.1 Å². The zero-order valence-electron chi connectivity index (χ0n) is 15.4. The van der Waals surface area contributed by atoms with Gasteiger partial charge < -0.3 is 19.5 Å². The molecule has 1 aliphatic heterocycles. The highest BCUT2D eigenvalue weighted by Crippen LogP contribution is 2.24. The first-order valence-electron chi connectivity index (χ1n) is 8.51. The van der Waals surface area contributed by atoms with Crippen molar-refractivity contribution in [3.63, 3.8) is 0 Å². The normalized spacial score (nSPS) is 17.2. The highest BCUT2D eigenvalue weighted by molar-refractivity contribution is 5.94. The van der Waals surface area contributed by atoms with Gasteiger partial charge in [-0.25, -0.2) is 9.97 Å². The van der Waals surface area contributed by atoms with Gasteiger partial charge in [0.1, 0.15) is 17.4 Å². The molecule has 2 aromatic rings. The molecule has 3 rings (SSSR count). The van der Waals surface area contributed by atoms with Crippen LogP contribution in [0.15, 0.2) is 23.0 Å². The molecular formula is C18H23N5O3. The second-order valence-electron chi connectivity index (χ2n) is 6.34. The highest BCUT2D eigenvalue weighted by atomic mass is 16.5. The minimum atomic E-state index is -0.436. The topological polar surface area (TPSA) is 89.4 Å². The van der Waals surface area contributed by atoms with Crippen LogP contribution in [0.4, 0.5) is 5.82 Å². The standard InChI is InChI=1S/C18H23N5O3/c1-11-9-15(19-3)21-16(20-11)14-10-26-8-7-23(14)18(25)13-6-5-12(2)22(4)17(13)24/h5-6,9,14H,7-8,10H2,1-4H3,(H,19,20,21). The Bertz CT molecular complexity index is 893. The summed E-state index contributed by atoms with van der Waals surface area (Å²) in [5.41, 5.74) is 1.43. The molecule has 2 aromatic heterocycles. The van der Waals surface area contributed by atoms with Crippen LogP contribution in [0.3, 0.4) is 0 Å². The molecule has 1 N–H and O–H groups in total. The molecule has 1 aliphatic rings. The van der Waals surface area contributed by atoms with Crippen molar-refractivity contribution in [2.24, 2.45) is 7.05 Å². The monoisotopic (exact) mass is 357 g/mol. The van der Waals surface area contributed by atoms with Crippen LogP contribution in [0.5, 0.6) is 0 Å². The number of rotatable bonds is 3. The van der Waals surface area contributed by atoms with Crippen molar-refractivity contribution >= 4 is 11.7 Å². The van der Waals surface area contributed by atoms with Crippen molar-refractivity contribution in [1.29, 1.82) is 0 Å². The van der Waals surface area contributed by atoms with Gasteiger partial charge in [-0.1, -0.05) is 0 Å². The first-order chi connectivity index (χ1) is 12.4. The molecule has 3 heterocycles. The number of ether oxygens (including phenoxy) is 1. The summed E-state index contributed by atoms with van der Waals surface area (Å²) in [6.45, 7) is 4.79. The Morgan fingerprint density at radius 2 is 2.08 bits per heavy atom. The van der Waals surface area contributed by atoms with E-state index in [1.165, 1.54) is 4.57 Å². The zero-order chi connectivity index (χ0) is 18.8. The minimum Gasteiger partial charge on any atom is -0.377 e. The number of anilines is 1. The Labute approximate surface area is 151 Å². The van der Waals surface area contributed by atoms with Crippen LogP contribution in [0.1, 0.15) is 33.6 Å². The number of aromatic nitrogens is 3. The molecule has 138 valence electrons. The van der Waals surface area contributed by atoms with E-state index >= 15 is 0 Å². The summed E-state index contributed by atoms with van der Waals surface area (Å²) >= 11 is 0. The van der Waals surface area contributed by atoms with Gasteiger partial charge in [-0.3, -0.25) is 9.59 Å². The molecule has 1 unspecified atom stereocenters. The van der Waals surface area contributed by atoms with Crippen LogP contribution in [-0.4, -0.2) is 52.1 Å². The Kier molecular flexibility index (Phi) is 5.03. The van der Waals surface area contributed by atoms with E-state index in [2.05, 4.69) is 15.3 Å². The van der Waals surface area contributed by atoms with Gasteiger partial charge in [-0.2, -0.15) is 0 Å². The lowest BCUT2D eigenvalue weighted by molar-refractivity contribution is -0.00535. The fourth-order valence-electron chi connectivity index (χ4n) is 2.97. The molecule has 1 atom stereocenters. The summed E-state index contributed by atoms with van der Waals surface area (Å²) in [6, 6.07) is 4.75. The third-order valence-electron chi connectivity index (χ3n) is 4.60. The number of amides is 1. The summed E-state index contributed by atoms with van der Waals surface area (Å²) in [7, 11) is 3.44. The third-order valence-corrected chi connectivity index (χ3v) is 4.60. The Balaban J connectivity index is 2.00. The lowest BCUT2D eigenvalue weighted by Crippen LogP contribution is -2.46. The van der Waals surface area contributed by atoms with Crippen LogP contribution >= 0.6 is 0 Å². The fourth-order valence-corrected chi connectivity index (χ4v) is 2.97. The van der Waals surface area contributed by atoms with Crippen molar-refractivity contribution < 1.29 is 9.53 Å². The fraction of sp³-hybridized carbons (Fsp3) is 0.444. The first kappa shape index (κ1) is 18.1. The van der Waals surface area contributed by atoms with Crippen molar-refractivity contribution in [2.75, 3.05) is 32.1 Å². The summed E-state index contributed by atoms with van der Waals surface area (Å²) < 4.78 is 7.04. The van der Waals surface area contributed by atoms with E-state index in [4.69, 9.17) is 4.74 Å². The maximum absolute atomic E-state index is 13.1. The molecule has 0 spiro atoms. The maximum Gasteiger partial charge on any atom is 0.263 e. The summed E-state index contributed by atoms with van der Waals surface area (Å²) in [4.78, 5) is 36.2. The molecule has 0 radical (unpaired) electrons. The van der Waals surface area contributed by atoms with E-state index in [0.29, 0.717) is 31.4 Å². The van der Waals surface area contributed by atoms with E-state index in [0.717, 1.165) is 11.4 Å². The second-order valence-corrected chi connectivity index (χ2v) is 6.34. The number of aryl methyl sites for hydroxylation is 2. The predicted molar refractivity (Wildman–Crippen MR) is 97.3 cm³/mol. The van der Waals surface area contributed by atoms with Crippen LogP contribution in [0.2, 0.25) is 0 Å². The molecular weight excluding hydrogens is 334 g/mol. The molecule has 1 amide bonds. The first-order valence-corrected chi connectivity index (χ1v) is 8.51. The van der Waals surface area contributed by atoms with Crippen molar-refractivity contribution in [3.05, 3.63) is 51.3 Å². The molecule has 0 bridgehead atoms. The van der Waals surface area contributed by atoms with Crippen LogP contribution < -0.4 is 10.9 Å². The van der Waals surface area contributed by atoms with Gasteiger partial charge >= 0.3 is 0 Å². The van der Waals surface area contributed by atoms with Gasteiger partial charge in [0.2, 0.25) is 0 Å². The lowest BCUT2D eigenvalue weighted by atomic mass is 10.1. The van der Waals surface area contributed by atoms with E-state index in [-0.39, 0.29) is 17.0 Å². The van der Waals surface area contributed by atoms with Gasteiger partial charge in [0.05, 0.1) is 13.2 Å².